The van der Waals surface area contributed by atoms with Crippen LogP contribution < -0.4 is 20.3 Å². The number of ether oxygens (including phenoxy) is 2. The van der Waals surface area contributed by atoms with E-state index in [2.05, 4.69) is 25.5 Å². The van der Waals surface area contributed by atoms with E-state index in [1.54, 1.807) is 21.0 Å². The highest BCUT2D eigenvalue weighted by molar-refractivity contribution is 5.94. The Balaban J connectivity index is 1.74. The molecule has 4 rings (SSSR count). The summed E-state index contributed by atoms with van der Waals surface area (Å²) in [7, 11) is 1.60. The first kappa shape index (κ1) is 28.8. The van der Waals surface area contributed by atoms with Crippen molar-refractivity contribution >= 4 is 22.4 Å². The number of fused-ring (bicyclic) bond motifs is 1. The van der Waals surface area contributed by atoms with Gasteiger partial charge < -0.3 is 30.1 Å². The molecule has 2 aromatic carbocycles. The molecule has 2 heterocycles. The monoisotopic (exact) mass is 547 g/mol. The van der Waals surface area contributed by atoms with E-state index in [-0.39, 0.29) is 5.56 Å². The molecule has 1 aliphatic rings. The molecule has 39 heavy (non-hydrogen) atoms. The number of methoxy groups -OCH3 is 1. The lowest BCUT2D eigenvalue weighted by Crippen LogP contribution is -2.43. The highest BCUT2D eigenvalue weighted by atomic mass is 19.3. The van der Waals surface area contributed by atoms with Gasteiger partial charge in [0, 0.05) is 44.2 Å². The Morgan fingerprint density at radius 3 is 2.54 bits per heavy atom. The van der Waals surface area contributed by atoms with Crippen molar-refractivity contribution in [2.45, 2.75) is 45.3 Å². The first-order valence-electron chi connectivity index (χ1n) is 13.0. The summed E-state index contributed by atoms with van der Waals surface area (Å²) in [5.41, 5.74) is -1.70. The van der Waals surface area contributed by atoms with Gasteiger partial charge in [-0.3, -0.25) is 0 Å². The van der Waals surface area contributed by atoms with Crippen LogP contribution in [0.5, 0.6) is 5.75 Å². The number of nitrogens with one attached hydrogen (secondary N) is 2. The van der Waals surface area contributed by atoms with Gasteiger partial charge in [0.05, 0.1) is 29.4 Å². The minimum absolute atomic E-state index is 0.0230. The lowest BCUT2D eigenvalue weighted by atomic mass is 9.91. The van der Waals surface area contributed by atoms with E-state index in [0.29, 0.717) is 41.5 Å². The zero-order valence-corrected chi connectivity index (χ0v) is 22.9. The van der Waals surface area contributed by atoms with Gasteiger partial charge in [-0.05, 0) is 45.9 Å². The lowest BCUT2D eigenvalue weighted by molar-refractivity contribution is -0.170. The van der Waals surface area contributed by atoms with E-state index in [1.165, 1.54) is 12.1 Å². The number of aromatic nitrogens is 2. The first-order valence-corrected chi connectivity index (χ1v) is 13.0. The summed E-state index contributed by atoms with van der Waals surface area (Å²) >= 11 is 0. The van der Waals surface area contributed by atoms with E-state index in [0.717, 1.165) is 51.8 Å². The zero-order chi connectivity index (χ0) is 28.4. The molecule has 1 saturated heterocycles. The van der Waals surface area contributed by atoms with Crippen LogP contribution >= 0.6 is 0 Å². The van der Waals surface area contributed by atoms with Crippen molar-refractivity contribution in [3.05, 3.63) is 53.1 Å². The fourth-order valence-electron chi connectivity index (χ4n) is 4.61. The van der Waals surface area contributed by atoms with Gasteiger partial charge in [-0.1, -0.05) is 12.1 Å². The summed E-state index contributed by atoms with van der Waals surface area (Å²) in [6.45, 7) is 9.41. The number of aryl methyl sites for hydroxylation is 1. The van der Waals surface area contributed by atoms with Crippen molar-refractivity contribution in [1.29, 1.82) is 0 Å². The number of anilines is 2. The van der Waals surface area contributed by atoms with Crippen LogP contribution in [0.2, 0.25) is 0 Å². The van der Waals surface area contributed by atoms with Gasteiger partial charge in [0.2, 0.25) is 0 Å². The first-order chi connectivity index (χ1) is 18.4. The zero-order valence-electron chi connectivity index (χ0n) is 22.9. The molecule has 0 saturated carbocycles. The molecule has 212 valence electrons. The average molecular weight is 548 g/mol. The van der Waals surface area contributed by atoms with Gasteiger partial charge >= 0.3 is 5.92 Å². The predicted molar refractivity (Wildman–Crippen MR) is 145 cm³/mol. The SMILES string of the molecule is COCCOc1cc2c(N[C@H](C)c3cccc(C(F)(F)C(C)(C)O)c3F)nc(C)nc2cc1N1CCNCC1. The van der Waals surface area contributed by atoms with Crippen molar-refractivity contribution in [2.75, 3.05) is 56.7 Å². The second-order valence-corrected chi connectivity index (χ2v) is 10.2. The predicted octanol–water partition coefficient (Wildman–Crippen LogP) is 4.55. The van der Waals surface area contributed by atoms with E-state index in [4.69, 9.17) is 9.47 Å². The number of piperazine rings is 1. The van der Waals surface area contributed by atoms with Crippen molar-refractivity contribution in [1.82, 2.24) is 15.3 Å². The molecule has 1 aliphatic heterocycles. The summed E-state index contributed by atoms with van der Waals surface area (Å²) in [4.78, 5) is 11.4. The molecule has 3 N–H and O–H groups in total. The van der Waals surface area contributed by atoms with Crippen LogP contribution in [0.15, 0.2) is 30.3 Å². The average Bonchev–Trinajstić information content (AvgIpc) is 2.88. The Morgan fingerprint density at radius 2 is 1.87 bits per heavy atom. The molecular weight excluding hydrogens is 511 g/mol. The number of halogens is 3. The van der Waals surface area contributed by atoms with Crippen molar-refractivity contribution in [3.8, 4) is 5.75 Å². The third-order valence-electron chi connectivity index (χ3n) is 6.85. The van der Waals surface area contributed by atoms with Gasteiger partial charge in [0.15, 0.2) is 0 Å². The maximum absolute atomic E-state index is 15.4. The molecule has 3 aromatic rings. The van der Waals surface area contributed by atoms with Crippen LogP contribution in [0.25, 0.3) is 10.9 Å². The molecule has 0 spiro atoms. The molecule has 1 atom stereocenters. The summed E-state index contributed by atoms with van der Waals surface area (Å²) in [5.74, 6) is -3.31. The molecule has 11 heteroatoms. The summed E-state index contributed by atoms with van der Waals surface area (Å²) in [6, 6.07) is 6.87. The molecular formula is C28H36F3N5O3. The Kier molecular flexibility index (Phi) is 8.53. The maximum Gasteiger partial charge on any atom is 0.303 e. The molecule has 0 radical (unpaired) electrons. The molecule has 1 aromatic heterocycles. The van der Waals surface area contributed by atoms with E-state index < -0.39 is 28.9 Å². The van der Waals surface area contributed by atoms with Crippen LogP contribution in [0, 0.1) is 12.7 Å². The third-order valence-corrected chi connectivity index (χ3v) is 6.85. The van der Waals surface area contributed by atoms with Crippen LogP contribution in [0.1, 0.15) is 43.8 Å². The normalized spacial score (nSPS) is 15.5. The van der Waals surface area contributed by atoms with Crippen LogP contribution in [-0.4, -0.2) is 67.2 Å². The summed E-state index contributed by atoms with van der Waals surface area (Å²) in [5, 5.41) is 17.2. The second kappa shape index (κ2) is 11.5. The number of nitrogens with zero attached hydrogens (tertiary/aromatic N) is 3. The van der Waals surface area contributed by atoms with Gasteiger partial charge in [0.25, 0.3) is 0 Å². The Labute approximate surface area is 226 Å². The molecule has 1 fully saturated rings. The fourth-order valence-corrected chi connectivity index (χ4v) is 4.61. The highest BCUT2D eigenvalue weighted by Gasteiger charge is 2.49. The van der Waals surface area contributed by atoms with E-state index >= 15 is 4.39 Å². The summed E-state index contributed by atoms with van der Waals surface area (Å²) < 4.78 is 56.4. The topological polar surface area (TPSA) is 91.8 Å². The van der Waals surface area contributed by atoms with Gasteiger partial charge in [-0.15, -0.1) is 0 Å². The minimum atomic E-state index is -3.79. The Morgan fingerprint density at radius 1 is 1.15 bits per heavy atom. The molecule has 8 nitrogen and oxygen atoms in total. The fraction of sp³-hybridized carbons (Fsp3) is 0.500. The van der Waals surface area contributed by atoms with Crippen molar-refractivity contribution in [3.63, 3.8) is 0 Å². The molecule has 0 amide bonds. The lowest BCUT2D eigenvalue weighted by Gasteiger charge is -2.31. The minimum Gasteiger partial charge on any atom is -0.489 e. The Bertz CT molecular complexity index is 1310. The van der Waals surface area contributed by atoms with E-state index in [1.807, 2.05) is 12.1 Å². The largest absolute Gasteiger partial charge is 0.489 e. The molecule has 0 aliphatic carbocycles. The maximum atomic E-state index is 15.4. The second-order valence-electron chi connectivity index (χ2n) is 10.2. The van der Waals surface area contributed by atoms with Crippen molar-refractivity contribution in [2.24, 2.45) is 0 Å². The van der Waals surface area contributed by atoms with Crippen LogP contribution in [-0.2, 0) is 10.7 Å². The summed E-state index contributed by atoms with van der Waals surface area (Å²) in [6.07, 6.45) is 0. The Hall–Kier alpha value is -3.15. The van der Waals surface area contributed by atoms with Gasteiger partial charge in [-0.25, -0.2) is 14.4 Å². The number of aliphatic hydroxyl groups is 1. The molecule has 0 bridgehead atoms. The number of hydrogen-bond donors (Lipinski definition) is 3. The smallest absolute Gasteiger partial charge is 0.303 e. The van der Waals surface area contributed by atoms with Gasteiger partial charge in [-0.2, -0.15) is 8.78 Å². The number of rotatable bonds is 10. The highest BCUT2D eigenvalue weighted by Crippen LogP contribution is 2.42. The third kappa shape index (κ3) is 6.05. The van der Waals surface area contributed by atoms with E-state index in [9.17, 15) is 13.9 Å². The number of alkyl halides is 2. The van der Waals surface area contributed by atoms with Gasteiger partial charge in [0.1, 0.15) is 35.4 Å². The quantitative estimate of drug-likeness (QED) is 0.319. The number of benzene rings is 2. The molecule has 0 unspecified atom stereocenters. The van der Waals surface area contributed by atoms with Crippen LogP contribution in [0.3, 0.4) is 0 Å². The standard InChI is InChI=1S/C28H36F3N5O3/c1-17(19-7-6-8-21(25(19)29)28(30,31)27(3,4)37)33-26-20-15-24(39-14-13-38-5)23(36-11-9-32-10-12-36)16-22(20)34-18(2)35-26/h6-8,15-17,32,37H,9-14H2,1-5H3,(H,33,34,35)/t17-/m1/s1. The van der Waals surface area contributed by atoms with Crippen LogP contribution in [0.4, 0.5) is 24.7 Å². The van der Waals surface area contributed by atoms with Crippen molar-refractivity contribution < 1.29 is 27.8 Å². The number of hydrogen-bond acceptors (Lipinski definition) is 8.